The average Bonchev–Trinajstić information content (AvgIpc) is 2.31. The van der Waals surface area contributed by atoms with Crippen LogP contribution in [-0.2, 0) is 0 Å². The van der Waals surface area contributed by atoms with Gasteiger partial charge in [-0.3, -0.25) is 4.79 Å². The maximum Gasteiger partial charge on any atom is 0.151 e. The molecule has 0 N–H and O–H groups in total. The van der Waals surface area contributed by atoms with Gasteiger partial charge in [-0.2, -0.15) is 0 Å². The van der Waals surface area contributed by atoms with E-state index in [9.17, 15) is 9.18 Å². The fourth-order valence-corrected chi connectivity index (χ4v) is 2.48. The minimum absolute atomic E-state index is 0.295. The van der Waals surface area contributed by atoms with Crippen molar-refractivity contribution in [1.82, 2.24) is 0 Å². The topological polar surface area (TPSA) is 17.1 Å². The molecule has 0 saturated carbocycles. The van der Waals surface area contributed by atoms with Crippen molar-refractivity contribution in [3.05, 3.63) is 58.9 Å². The molecule has 0 aliphatic rings. The zero-order valence-electron chi connectivity index (χ0n) is 8.69. The molecule has 0 fully saturated rings. The molecule has 4 heteroatoms. The average molecular weight is 267 g/mol. The number of hydrogen-bond acceptors (Lipinski definition) is 2. The Labute approximate surface area is 108 Å². The fourth-order valence-electron chi connectivity index (χ4n) is 1.36. The molecule has 1 nitrogen and oxygen atoms in total. The molecular formula is C13H8ClFOS. The highest BCUT2D eigenvalue weighted by Crippen LogP contribution is 2.31. The molecule has 0 aliphatic heterocycles. The summed E-state index contributed by atoms with van der Waals surface area (Å²) < 4.78 is 13.0. The molecule has 0 bridgehead atoms. The van der Waals surface area contributed by atoms with Crippen molar-refractivity contribution in [1.29, 1.82) is 0 Å². The number of aldehydes is 1. The molecule has 0 amide bonds. The van der Waals surface area contributed by atoms with Crippen LogP contribution in [0.5, 0.6) is 0 Å². The molecule has 0 saturated heterocycles. The van der Waals surface area contributed by atoms with Gasteiger partial charge in [0.15, 0.2) is 6.29 Å². The van der Waals surface area contributed by atoms with Crippen LogP contribution in [0.15, 0.2) is 52.3 Å². The number of carbonyl (C=O) groups excluding carboxylic acids is 1. The summed E-state index contributed by atoms with van der Waals surface area (Å²) in [6.45, 7) is 0. The van der Waals surface area contributed by atoms with Gasteiger partial charge in [-0.05, 0) is 36.4 Å². The van der Waals surface area contributed by atoms with E-state index in [1.165, 1.54) is 23.9 Å². The van der Waals surface area contributed by atoms with Crippen molar-refractivity contribution in [3.63, 3.8) is 0 Å². The van der Waals surface area contributed by atoms with E-state index in [1.807, 2.05) is 0 Å². The first-order chi connectivity index (χ1) is 8.19. The quantitative estimate of drug-likeness (QED) is 0.764. The zero-order valence-corrected chi connectivity index (χ0v) is 10.3. The highest BCUT2D eigenvalue weighted by Gasteiger charge is 2.05. The lowest BCUT2D eigenvalue weighted by Crippen LogP contribution is -1.85. The van der Waals surface area contributed by atoms with Gasteiger partial charge in [0.1, 0.15) is 5.82 Å². The van der Waals surface area contributed by atoms with Crippen LogP contribution >= 0.6 is 23.4 Å². The molecule has 2 aromatic carbocycles. The van der Waals surface area contributed by atoms with E-state index >= 15 is 0 Å². The Morgan fingerprint density at radius 1 is 1.18 bits per heavy atom. The largest absolute Gasteiger partial charge is 0.298 e. The smallest absolute Gasteiger partial charge is 0.151 e. The van der Waals surface area contributed by atoms with E-state index in [0.717, 1.165) is 16.1 Å². The summed E-state index contributed by atoms with van der Waals surface area (Å²) in [5, 5.41) is 0.510. The van der Waals surface area contributed by atoms with E-state index in [4.69, 9.17) is 11.6 Å². The summed E-state index contributed by atoms with van der Waals surface area (Å²) in [5.41, 5.74) is 0.506. The third-order valence-electron chi connectivity index (χ3n) is 2.12. The third kappa shape index (κ3) is 3.08. The second kappa shape index (κ2) is 5.34. The molecule has 86 valence electrons. The lowest BCUT2D eigenvalue weighted by molar-refractivity contribution is 0.112. The number of halogens is 2. The van der Waals surface area contributed by atoms with Crippen molar-refractivity contribution >= 4 is 29.6 Å². The fraction of sp³-hybridized carbons (Fsp3) is 0. The Bertz CT molecular complexity index is 557. The first-order valence-electron chi connectivity index (χ1n) is 4.87. The summed E-state index contributed by atoms with van der Waals surface area (Å²) >= 11 is 7.13. The van der Waals surface area contributed by atoms with Crippen LogP contribution < -0.4 is 0 Å². The van der Waals surface area contributed by atoms with Gasteiger partial charge in [0, 0.05) is 20.4 Å². The molecule has 0 spiro atoms. The highest BCUT2D eigenvalue weighted by molar-refractivity contribution is 7.99. The van der Waals surface area contributed by atoms with Gasteiger partial charge in [0.25, 0.3) is 0 Å². The van der Waals surface area contributed by atoms with Crippen LogP contribution in [0.25, 0.3) is 0 Å². The molecule has 0 unspecified atom stereocenters. The normalized spacial score (nSPS) is 10.2. The lowest BCUT2D eigenvalue weighted by atomic mass is 10.2. The Kier molecular flexibility index (Phi) is 3.82. The number of carbonyl (C=O) groups is 1. The molecule has 17 heavy (non-hydrogen) atoms. The third-order valence-corrected chi connectivity index (χ3v) is 3.44. The second-order valence-corrected chi connectivity index (χ2v) is 4.91. The van der Waals surface area contributed by atoms with Gasteiger partial charge in [0.05, 0.1) is 0 Å². The first kappa shape index (κ1) is 12.1. The van der Waals surface area contributed by atoms with E-state index in [-0.39, 0.29) is 5.82 Å². The monoisotopic (exact) mass is 266 g/mol. The van der Waals surface area contributed by atoms with Crippen molar-refractivity contribution in [2.24, 2.45) is 0 Å². The summed E-state index contributed by atoms with van der Waals surface area (Å²) in [6, 6.07) is 11.3. The Morgan fingerprint density at radius 2 is 2.00 bits per heavy atom. The van der Waals surface area contributed by atoms with E-state index in [2.05, 4.69) is 0 Å². The van der Waals surface area contributed by atoms with Gasteiger partial charge in [0.2, 0.25) is 0 Å². The second-order valence-electron chi connectivity index (χ2n) is 3.36. The van der Waals surface area contributed by atoms with Crippen LogP contribution in [-0.4, -0.2) is 6.29 Å². The number of rotatable bonds is 3. The molecule has 0 aliphatic carbocycles. The number of hydrogen-bond donors (Lipinski definition) is 0. The Balaban J connectivity index is 2.32. The van der Waals surface area contributed by atoms with E-state index < -0.39 is 0 Å². The molecule has 2 rings (SSSR count). The minimum Gasteiger partial charge on any atom is -0.298 e. The van der Waals surface area contributed by atoms with Crippen molar-refractivity contribution in [2.75, 3.05) is 0 Å². The van der Waals surface area contributed by atoms with Gasteiger partial charge < -0.3 is 0 Å². The molecular weight excluding hydrogens is 259 g/mol. The zero-order chi connectivity index (χ0) is 12.3. The van der Waals surface area contributed by atoms with Crippen LogP contribution in [0.4, 0.5) is 4.39 Å². The predicted molar refractivity (Wildman–Crippen MR) is 67.4 cm³/mol. The molecule has 0 aromatic heterocycles. The SMILES string of the molecule is O=Cc1cc(Cl)ccc1Sc1cccc(F)c1. The van der Waals surface area contributed by atoms with Crippen molar-refractivity contribution in [2.45, 2.75) is 9.79 Å². The summed E-state index contributed by atoms with van der Waals surface area (Å²) in [5.74, 6) is -0.295. The van der Waals surface area contributed by atoms with E-state index in [1.54, 1.807) is 30.3 Å². The predicted octanol–water partition coefficient (Wildman–Crippen LogP) is 4.44. The van der Waals surface area contributed by atoms with Crippen molar-refractivity contribution in [3.8, 4) is 0 Å². The van der Waals surface area contributed by atoms with Gasteiger partial charge >= 0.3 is 0 Å². The lowest BCUT2D eigenvalue weighted by Gasteiger charge is -2.05. The standard InChI is InChI=1S/C13H8ClFOS/c14-10-4-5-13(9(6-10)8-16)17-12-3-1-2-11(15)7-12/h1-8H. The minimum atomic E-state index is -0.295. The highest BCUT2D eigenvalue weighted by atomic mass is 35.5. The number of benzene rings is 2. The van der Waals surface area contributed by atoms with Crippen LogP contribution in [0.3, 0.4) is 0 Å². The summed E-state index contributed by atoms with van der Waals surface area (Å²) in [7, 11) is 0. The van der Waals surface area contributed by atoms with Crippen molar-refractivity contribution < 1.29 is 9.18 Å². The maximum absolute atomic E-state index is 13.0. The summed E-state index contributed by atoms with van der Waals surface area (Å²) in [6.07, 6.45) is 0.744. The van der Waals surface area contributed by atoms with E-state index in [0.29, 0.717) is 10.6 Å². The van der Waals surface area contributed by atoms with Gasteiger partial charge in [-0.25, -0.2) is 4.39 Å². The first-order valence-corrected chi connectivity index (χ1v) is 6.06. The molecule has 0 radical (unpaired) electrons. The van der Waals surface area contributed by atoms with Crippen LogP contribution in [0.2, 0.25) is 5.02 Å². The van der Waals surface area contributed by atoms with Crippen LogP contribution in [0.1, 0.15) is 10.4 Å². The Morgan fingerprint density at radius 3 is 2.71 bits per heavy atom. The Hall–Kier alpha value is -1.32. The summed E-state index contributed by atoms with van der Waals surface area (Å²) in [4.78, 5) is 12.4. The van der Waals surface area contributed by atoms with Gasteiger partial charge in [-0.1, -0.05) is 29.4 Å². The molecule has 2 aromatic rings. The molecule has 0 atom stereocenters. The van der Waals surface area contributed by atoms with Crippen LogP contribution in [0, 0.1) is 5.82 Å². The maximum atomic E-state index is 13.0. The molecule has 0 heterocycles. The van der Waals surface area contributed by atoms with Gasteiger partial charge in [-0.15, -0.1) is 0 Å².